The molecule has 6 aromatic rings. The number of rotatable bonds is 18. The van der Waals surface area contributed by atoms with E-state index in [1.165, 1.54) is 57.7 Å². The minimum atomic E-state index is -0.682. The van der Waals surface area contributed by atoms with E-state index in [1.54, 1.807) is 20.8 Å². The summed E-state index contributed by atoms with van der Waals surface area (Å²) in [4.78, 5) is 78.0. The van der Waals surface area contributed by atoms with Crippen molar-refractivity contribution in [3.63, 3.8) is 0 Å². The van der Waals surface area contributed by atoms with Gasteiger partial charge in [0, 0.05) is 108 Å². The van der Waals surface area contributed by atoms with Crippen molar-refractivity contribution in [1.29, 1.82) is 0 Å². The summed E-state index contributed by atoms with van der Waals surface area (Å²) in [7, 11) is 4.34. The lowest BCUT2D eigenvalue weighted by atomic mass is 9.81. The maximum Gasteiger partial charge on any atom is 0.344 e. The van der Waals surface area contributed by atoms with Gasteiger partial charge in [0.25, 0.3) is 17.1 Å². The van der Waals surface area contributed by atoms with Crippen LogP contribution < -0.4 is 28.4 Å². The Balaban J connectivity index is 1.69. The second-order valence-corrected chi connectivity index (χ2v) is 25.1. The van der Waals surface area contributed by atoms with Gasteiger partial charge in [0.1, 0.15) is 34.5 Å². The Labute approximate surface area is 524 Å². The number of nitro benzene ring substituents is 3. The predicted octanol–water partition coefficient (Wildman–Crippen LogP) is 13.0. The van der Waals surface area contributed by atoms with Gasteiger partial charge in [-0.15, -0.1) is 0 Å². The Hall–Kier alpha value is -9.27. The van der Waals surface area contributed by atoms with Crippen LogP contribution in [0.2, 0.25) is 0 Å². The van der Waals surface area contributed by atoms with Crippen LogP contribution in [0.25, 0.3) is 0 Å². The van der Waals surface area contributed by atoms with E-state index in [-0.39, 0.29) is 110 Å². The van der Waals surface area contributed by atoms with Crippen LogP contribution in [0.15, 0.2) is 72.8 Å². The lowest BCUT2D eigenvalue weighted by molar-refractivity contribution is -0.385. The molecular formula is C69H81N3O18. The molecule has 1 aliphatic carbocycles. The van der Waals surface area contributed by atoms with Gasteiger partial charge >= 0.3 is 17.9 Å². The van der Waals surface area contributed by atoms with Gasteiger partial charge in [-0.1, -0.05) is 98.7 Å². The SMILES string of the molecule is CCOC(=O)COc1c2cc(C(C)(C)C)cc1Cc1cc([N+](=O)[O-])cc(c1OC)Cc1cc(C(C)(C)C)cc(c1OCC(=O)OCC)Cc1cc([N+](=O)[O-])cc(c1OC)Cc1cc(C(C)(C)C)cc(c1OCC(=O)OCC)Cc1cc([N+](=O)[O-])cc(c1OC)C2. The summed E-state index contributed by atoms with van der Waals surface area (Å²) in [5.74, 6) is -0.682. The highest BCUT2D eigenvalue weighted by molar-refractivity contribution is 5.73. The number of carbonyl (C=O) groups excluding carboxylic acids is 3. The fourth-order valence-corrected chi connectivity index (χ4v) is 11.2. The Morgan fingerprint density at radius 2 is 0.522 bits per heavy atom. The monoisotopic (exact) mass is 1240 g/mol. The molecule has 21 nitrogen and oxygen atoms in total. The van der Waals surface area contributed by atoms with Crippen molar-refractivity contribution >= 4 is 35.0 Å². The summed E-state index contributed by atoms with van der Waals surface area (Å²) in [6.45, 7) is 21.5. The van der Waals surface area contributed by atoms with Gasteiger partial charge in [-0.05, 0) is 87.1 Å². The van der Waals surface area contributed by atoms with Crippen LogP contribution in [0.1, 0.15) is 167 Å². The highest BCUT2D eigenvalue weighted by Gasteiger charge is 2.31. The molecule has 90 heavy (non-hydrogen) atoms. The molecule has 0 fully saturated rings. The van der Waals surface area contributed by atoms with E-state index in [0.717, 1.165) is 16.7 Å². The Morgan fingerprint density at radius 3 is 0.667 bits per heavy atom. The summed E-state index contributed by atoms with van der Waals surface area (Å²) in [6.07, 6.45) is -0.502. The smallest absolute Gasteiger partial charge is 0.344 e. The normalized spacial score (nSPS) is 12.6. The number of esters is 3. The number of fused-ring (bicyclic) bond motifs is 12. The van der Waals surface area contributed by atoms with E-state index in [4.69, 9.17) is 42.6 Å². The first kappa shape index (κ1) is 68.2. The van der Waals surface area contributed by atoms with E-state index >= 15 is 0 Å². The maximum atomic E-state index is 13.3. The molecule has 0 aromatic heterocycles. The molecule has 0 N–H and O–H groups in total. The Morgan fingerprint density at radius 1 is 0.344 bits per heavy atom. The van der Waals surface area contributed by atoms with Crippen molar-refractivity contribution in [3.8, 4) is 34.5 Å². The highest BCUT2D eigenvalue weighted by atomic mass is 16.6. The molecule has 1 aliphatic rings. The number of hydrogen-bond donors (Lipinski definition) is 0. The minimum absolute atomic E-state index is 0.0567. The van der Waals surface area contributed by atoms with Crippen LogP contribution in [0.3, 0.4) is 0 Å². The number of carbonyl (C=O) groups is 3. The molecule has 0 unspecified atom stereocenters. The second kappa shape index (κ2) is 28.5. The molecule has 0 saturated heterocycles. The second-order valence-electron chi connectivity index (χ2n) is 25.1. The van der Waals surface area contributed by atoms with Crippen LogP contribution in [0.5, 0.6) is 34.5 Å². The van der Waals surface area contributed by atoms with E-state index < -0.39 is 68.7 Å². The molecule has 0 saturated carbocycles. The van der Waals surface area contributed by atoms with Gasteiger partial charge in [-0.25, -0.2) is 14.4 Å². The van der Waals surface area contributed by atoms with E-state index in [0.29, 0.717) is 66.8 Å². The summed E-state index contributed by atoms with van der Waals surface area (Å²) < 4.78 is 54.5. The van der Waals surface area contributed by atoms with Crippen LogP contribution in [-0.2, 0) is 83.4 Å². The number of nitrogens with zero attached hydrogens (tertiary/aromatic N) is 3. The molecule has 0 heterocycles. The van der Waals surface area contributed by atoms with Crippen LogP contribution in [0, 0.1) is 30.3 Å². The number of non-ortho nitro benzene ring substituents is 3. The van der Waals surface area contributed by atoms with E-state index in [2.05, 4.69) is 0 Å². The van der Waals surface area contributed by atoms with Gasteiger partial charge < -0.3 is 42.6 Å². The van der Waals surface area contributed by atoms with Gasteiger partial charge in [0.15, 0.2) is 19.8 Å². The minimum Gasteiger partial charge on any atom is -0.496 e. The quantitative estimate of drug-likeness (QED) is 0.0334. The molecule has 0 spiro atoms. The van der Waals surface area contributed by atoms with Crippen molar-refractivity contribution in [3.05, 3.63) is 187 Å². The molecule has 21 heteroatoms. The maximum absolute atomic E-state index is 13.3. The average molecular weight is 1240 g/mol. The fraction of sp³-hybridized carbons (Fsp3) is 0.435. The zero-order chi connectivity index (χ0) is 66.2. The zero-order valence-electron chi connectivity index (χ0n) is 54.1. The topological polar surface area (TPSA) is 264 Å². The third kappa shape index (κ3) is 16.3. The van der Waals surface area contributed by atoms with Gasteiger partial charge in [0.05, 0.1) is 55.9 Å². The zero-order valence-corrected chi connectivity index (χ0v) is 54.1. The van der Waals surface area contributed by atoms with Crippen molar-refractivity contribution < 1.29 is 71.8 Å². The van der Waals surface area contributed by atoms with Crippen LogP contribution >= 0.6 is 0 Å². The van der Waals surface area contributed by atoms with E-state index in [1.807, 2.05) is 98.7 Å². The molecule has 12 bridgehead atoms. The third-order valence-electron chi connectivity index (χ3n) is 15.5. The standard InChI is InChI=1S/C69H81N3O18/c1-16-85-58(73)37-88-64-40-19-46-31-55(70(76)77)33-48(61(46)82-13)21-42-27-53(68(7,8)9)29-44(65(42)89-38-59(74)86-17-2)23-50-35-57(72(80)81)36-51(63(50)84-15)24-45-30-54(69(10,11)12)28-43(66(45)90-39-60(75)87-18-3)22-49-34-56(71(78)79)32-47(62(49)83-14)20-41(64)26-52(25-40)67(4,5)6/h25-36H,16-24,37-39H2,1-15H3. The van der Waals surface area contributed by atoms with Gasteiger partial charge in [-0.2, -0.15) is 0 Å². The average Bonchev–Trinajstić information content (AvgIpc) is 0.933. The highest BCUT2D eigenvalue weighted by Crippen LogP contribution is 2.46. The van der Waals surface area contributed by atoms with Crippen molar-refractivity contribution in [2.24, 2.45) is 0 Å². The summed E-state index contributed by atoms with van der Waals surface area (Å²) in [5.41, 5.74) is 4.68. The fourth-order valence-electron chi connectivity index (χ4n) is 11.2. The van der Waals surface area contributed by atoms with Crippen LogP contribution in [0.4, 0.5) is 17.1 Å². The number of benzene rings is 6. The lowest BCUT2D eigenvalue weighted by Gasteiger charge is -2.26. The first-order valence-electron chi connectivity index (χ1n) is 29.8. The summed E-state index contributed by atoms with van der Waals surface area (Å²) in [5, 5.41) is 39.6. The molecule has 480 valence electrons. The Kier molecular flexibility index (Phi) is 21.6. The number of ether oxygens (including phenoxy) is 9. The lowest BCUT2D eigenvalue weighted by Crippen LogP contribution is -2.19. The largest absolute Gasteiger partial charge is 0.496 e. The molecule has 0 aliphatic heterocycles. The summed E-state index contributed by atoms with van der Waals surface area (Å²) in [6, 6.07) is 19.8. The predicted molar refractivity (Wildman–Crippen MR) is 338 cm³/mol. The summed E-state index contributed by atoms with van der Waals surface area (Å²) >= 11 is 0. The van der Waals surface area contributed by atoms with Gasteiger partial charge in [-0.3, -0.25) is 30.3 Å². The number of methoxy groups -OCH3 is 3. The molecule has 6 aromatic carbocycles. The molecule has 0 amide bonds. The van der Waals surface area contributed by atoms with E-state index in [9.17, 15) is 44.7 Å². The molecule has 7 rings (SSSR count). The van der Waals surface area contributed by atoms with Crippen molar-refractivity contribution in [1.82, 2.24) is 0 Å². The third-order valence-corrected chi connectivity index (χ3v) is 15.5. The Bertz CT molecular complexity index is 3210. The number of hydrogen-bond acceptors (Lipinski definition) is 18. The van der Waals surface area contributed by atoms with Crippen molar-refractivity contribution in [2.45, 2.75) is 138 Å². The molecule has 0 radical (unpaired) electrons. The van der Waals surface area contributed by atoms with Crippen molar-refractivity contribution in [2.75, 3.05) is 61.0 Å². The molecule has 0 atom stereocenters. The van der Waals surface area contributed by atoms with Gasteiger partial charge in [0.2, 0.25) is 0 Å². The first-order chi connectivity index (χ1) is 42.4. The number of nitro groups is 3. The first-order valence-corrected chi connectivity index (χ1v) is 29.8. The molecular weight excluding hydrogens is 1160 g/mol. The van der Waals surface area contributed by atoms with Crippen LogP contribution in [-0.4, -0.2) is 93.6 Å².